The lowest BCUT2D eigenvalue weighted by Gasteiger charge is -2.13. The number of hydrogen-bond acceptors (Lipinski definition) is 4. The number of carbonyl (C=O) groups is 3. The molecule has 0 saturated heterocycles. The van der Waals surface area contributed by atoms with Crippen LogP contribution >= 0.6 is 0 Å². The molecule has 6 nitrogen and oxygen atoms in total. The van der Waals surface area contributed by atoms with Gasteiger partial charge in [0.15, 0.2) is 0 Å². The summed E-state index contributed by atoms with van der Waals surface area (Å²) in [6.07, 6.45) is 1.38. The van der Waals surface area contributed by atoms with Gasteiger partial charge >= 0.3 is 0 Å². The van der Waals surface area contributed by atoms with Crippen LogP contribution in [0.2, 0.25) is 0 Å². The minimum absolute atomic E-state index is 0.0445. The molecular formula is C17H14FN3O3. The van der Waals surface area contributed by atoms with Crippen LogP contribution in [0.1, 0.15) is 32.8 Å². The molecule has 122 valence electrons. The molecular weight excluding hydrogens is 313 g/mol. The quantitative estimate of drug-likeness (QED) is 0.845. The van der Waals surface area contributed by atoms with Crippen LogP contribution in [0.5, 0.6) is 0 Å². The highest BCUT2D eigenvalue weighted by Gasteiger charge is 2.36. The first-order valence-electron chi connectivity index (χ1n) is 7.39. The van der Waals surface area contributed by atoms with Crippen molar-refractivity contribution in [1.82, 2.24) is 15.2 Å². The highest BCUT2D eigenvalue weighted by atomic mass is 19.1. The molecule has 7 heteroatoms. The number of hydrogen-bond donors (Lipinski definition) is 1. The summed E-state index contributed by atoms with van der Waals surface area (Å²) in [5.41, 5.74) is 0.722. The van der Waals surface area contributed by atoms with Crippen LogP contribution in [-0.4, -0.2) is 34.2 Å². The van der Waals surface area contributed by atoms with Gasteiger partial charge in [-0.05, 0) is 18.2 Å². The van der Waals surface area contributed by atoms with Crippen molar-refractivity contribution < 1.29 is 18.8 Å². The number of benzene rings is 1. The standard InChI is InChI=1S/C17H14FN3O3/c18-13-6-2-1-4-11(13)10-20-14(22)7-9-21-16(23)12-5-3-8-19-15(12)17(21)24/h1-6,8H,7,9-10H2,(H,20,22). The van der Waals surface area contributed by atoms with E-state index in [4.69, 9.17) is 0 Å². The highest BCUT2D eigenvalue weighted by molar-refractivity contribution is 6.20. The number of imide groups is 1. The van der Waals surface area contributed by atoms with Crippen LogP contribution in [0.25, 0.3) is 0 Å². The minimum Gasteiger partial charge on any atom is -0.352 e. The van der Waals surface area contributed by atoms with Crippen LogP contribution in [0.3, 0.4) is 0 Å². The minimum atomic E-state index is -0.502. The van der Waals surface area contributed by atoms with Gasteiger partial charge in [0, 0.05) is 31.3 Å². The van der Waals surface area contributed by atoms with Crippen LogP contribution in [-0.2, 0) is 11.3 Å². The Bertz CT molecular complexity index is 787. The number of nitrogens with zero attached hydrogens (tertiary/aromatic N) is 2. The number of carbonyl (C=O) groups excluding carboxylic acids is 3. The number of rotatable bonds is 5. The first-order valence-corrected chi connectivity index (χ1v) is 7.39. The molecule has 0 spiro atoms. The van der Waals surface area contributed by atoms with Gasteiger partial charge in [-0.1, -0.05) is 18.2 Å². The maximum Gasteiger partial charge on any atom is 0.280 e. The van der Waals surface area contributed by atoms with Gasteiger partial charge in [0.05, 0.1) is 5.56 Å². The zero-order valence-corrected chi connectivity index (χ0v) is 12.7. The Balaban J connectivity index is 1.55. The maximum absolute atomic E-state index is 13.5. The molecule has 0 aliphatic carbocycles. The molecule has 0 saturated carbocycles. The molecule has 1 aliphatic heterocycles. The first kappa shape index (κ1) is 15.8. The second-order valence-electron chi connectivity index (χ2n) is 5.28. The monoisotopic (exact) mass is 327 g/mol. The lowest BCUT2D eigenvalue weighted by molar-refractivity contribution is -0.121. The van der Waals surface area contributed by atoms with Gasteiger partial charge < -0.3 is 5.32 Å². The number of amides is 3. The molecule has 0 fully saturated rings. The van der Waals surface area contributed by atoms with Crippen LogP contribution in [0.4, 0.5) is 4.39 Å². The van der Waals surface area contributed by atoms with Gasteiger partial charge in [0.2, 0.25) is 5.91 Å². The zero-order valence-electron chi connectivity index (χ0n) is 12.7. The number of fused-ring (bicyclic) bond motifs is 1. The van der Waals surface area contributed by atoms with E-state index in [1.54, 1.807) is 24.3 Å². The van der Waals surface area contributed by atoms with Crippen molar-refractivity contribution in [3.8, 4) is 0 Å². The fourth-order valence-corrected chi connectivity index (χ4v) is 2.45. The molecule has 3 rings (SSSR count). The maximum atomic E-state index is 13.5. The van der Waals surface area contributed by atoms with Crippen molar-refractivity contribution in [3.63, 3.8) is 0 Å². The van der Waals surface area contributed by atoms with Crippen LogP contribution in [0.15, 0.2) is 42.6 Å². The third kappa shape index (κ3) is 3.01. The Morgan fingerprint density at radius 3 is 2.67 bits per heavy atom. The molecule has 2 aromatic rings. The Kier molecular flexibility index (Phi) is 4.33. The van der Waals surface area contributed by atoms with E-state index in [9.17, 15) is 18.8 Å². The molecule has 0 atom stereocenters. The molecule has 0 bridgehead atoms. The first-order chi connectivity index (χ1) is 11.6. The van der Waals surface area contributed by atoms with E-state index in [0.717, 1.165) is 4.90 Å². The SMILES string of the molecule is O=C(CCN1C(=O)c2cccnc2C1=O)NCc1ccccc1F. The average molecular weight is 327 g/mol. The number of nitrogens with one attached hydrogen (secondary N) is 1. The van der Waals surface area contributed by atoms with E-state index in [-0.39, 0.29) is 36.7 Å². The smallest absolute Gasteiger partial charge is 0.280 e. The summed E-state index contributed by atoms with van der Waals surface area (Å²) in [7, 11) is 0. The summed E-state index contributed by atoms with van der Waals surface area (Å²) >= 11 is 0. The molecule has 1 aromatic carbocycles. The van der Waals surface area contributed by atoms with Crippen molar-refractivity contribution in [1.29, 1.82) is 0 Å². The normalized spacial score (nSPS) is 13.1. The third-order valence-electron chi connectivity index (χ3n) is 3.73. The van der Waals surface area contributed by atoms with E-state index in [1.807, 2.05) is 0 Å². The molecule has 2 heterocycles. The molecule has 1 N–H and O–H groups in total. The van der Waals surface area contributed by atoms with Gasteiger partial charge in [0.1, 0.15) is 11.5 Å². The van der Waals surface area contributed by atoms with E-state index >= 15 is 0 Å². The Morgan fingerprint density at radius 1 is 1.12 bits per heavy atom. The number of aromatic nitrogens is 1. The fourth-order valence-electron chi connectivity index (χ4n) is 2.45. The summed E-state index contributed by atoms with van der Waals surface area (Å²) in [5.74, 6) is -1.73. The second-order valence-corrected chi connectivity index (χ2v) is 5.28. The van der Waals surface area contributed by atoms with Crippen LogP contribution in [0, 0.1) is 5.82 Å². The van der Waals surface area contributed by atoms with E-state index in [2.05, 4.69) is 10.3 Å². The average Bonchev–Trinajstić information content (AvgIpc) is 2.84. The summed E-state index contributed by atoms with van der Waals surface area (Å²) < 4.78 is 13.5. The van der Waals surface area contributed by atoms with Crippen molar-refractivity contribution >= 4 is 17.7 Å². The predicted octanol–water partition coefficient (Wildman–Crippen LogP) is 1.52. The molecule has 0 radical (unpaired) electrons. The summed E-state index contributed by atoms with van der Waals surface area (Å²) in [5, 5.41) is 2.57. The predicted molar refractivity (Wildman–Crippen MR) is 82.5 cm³/mol. The Morgan fingerprint density at radius 2 is 1.92 bits per heavy atom. The van der Waals surface area contributed by atoms with Crippen molar-refractivity contribution in [2.24, 2.45) is 0 Å². The molecule has 0 unspecified atom stereocenters. The zero-order chi connectivity index (χ0) is 17.1. The second kappa shape index (κ2) is 6.57. The fraction of sp³-hybridized carbons (Fsp3) is 0.176. The molecule has 3 amide bonds. The summed E-state index contributed by atoms with van der Waals surface area (Å²) in [4.78, 5) is 41.0. The third-order valence-corrected chi connectivity index (χ3v) is 3.73. The van der Waals surface area contributed by atoms with Gasteiger partial charge in [-0.2, -0.15) is 0 Å². The van der Waals surface area contributed by atoms with Crippen molar-refractivity contribution in [2.75, 3.05) is 6.54 Å². The van der Waals surface area contributed by atoms with Crippen molar-refractivity contribution in [2.45, 2.75) is 13.0 Å². The van der Waals surface area contributed by atoms with Gasteiger partial charge in [0.25, 0.3) is 11.8 Å². The van der Waals surface area contributed by atoms with Gasteiger partial charge in [-0.15, -0.1) is 0 Å². The van der Waals surface area contributed by atoms with Gasteiger partial charge in [-0.25, -0.2) is 4.39 Å². The summed E-state index contributed by atoms with van der Waals surface area (Å²) in [6.45, 7) is 0.00626. The highest BCUT2D eigenvalue weighted by Crippen LogP contribution is 2.20. The molecule has 1 aromatic heterocycles. The lowest BCUT2D eigenvalue weighted by Crippen LogP contribution is -2.34. The van der Waals surface area contributed by atoms with Crippen LogP contribution < -0.4 is 5.32 Å². The summed E-state index contributed by atoms with van der Waals surface area (Å²) in [6, 6.07) is 9.24. The number of halogens is 1. The topological polar surface area (TPSA) is 79.4 Å². The molecule has 1 aliphatic rings. The number of pyridine rings is 1. The van der Waals surface area contributed by atoms with E-state index in [1.165, 1.54) is 18.3 Å². The van der Waals surface area contributed by atoms with Crippen molar-refractivity contribution in [3.05, 3.63) is 65.2 Å². The Hall–Kier alpha value is -3.09. The molecule has 24 heavy (non-hydrogen) atoms. The lowest BCUT2D eigenvalue weighted by atomic mass is 10.2. The van der Waals surface area contributed by atoms with E-state index < -0.39 is 17.6 Å². The van der Waals surface area contributed by atoms with E-state index in [0.29, 0.717) is 5.56 Å². The largest absolute Gasteiger partial charge is 0.352 e. The Labute approximate surface area is 137 Å². The van der Waals surface area contributed by atoms with Gasteiger partial charge in [-0.3, -0.25) is 24.3 Å².